The van der Waals surface area contributed by atoms with Gasteiger partial charge in [-0.2, -0.15) is 0 Å². The normalized spacial score (nSPS) is 12.7. The third kappa shape index (κ3) is 5.60. The molecule has 0 saturated carbocycles. The molecule has 1 aliphatic rings. The summed E-state index contributed by atoms with van der Waals surface area (Å²) in [5.74, 6) is -0.514. The summed E-state index contributed by atoms with van der Waals surface area (Å²) in [7, 11) is 1.42. The molecular weight excluding hydrogens is 390 g/mol. The quantitative estimate of drug-likeness (QED) is 0.575. The molecule has 0 aliphatic carbocycles. The van der Waals surface area contributed by atoms with Crippen molar-refractivity contribution in [2.24, 2.45) is 0 Å². The van der Waals surface area contributed by atoms with E-state index in [4.69, 9.17) is 18.9 Å². The van der Waals surface area contributed by atoms with Crippen LogP contribution in [0.3, 0.4) is 0 Å². The third-order valence-corrected chi connectivity index (χ3v) is 4.13. The van der Waals surface area contributed by atoms with E-state index in [1.165, 1.54) is 25.3 Å². The maximum atomic E-state index is 12.1. The SMILES string of the molecule is COc1ccccc1C(=O)NC(=O)COC(=O)/C=C/c1ccc2c(c1)OCCCO2. The van der Waals surface area contributed by atoms with Gasteiger partial charge in [-0.1, -0.05) is 18.2 Å². The molecular formula is C22H21NO7. The molecule has 0 saturated heterocycles. The second-order valence-corrected chi connectivity index (χ2v) is 6.28. The molecule has 1 aliphatic heterocycles. The molecule has 1 N–H and O–H groups in total. The van der Waals surface area contributed by atoms with Crippen molar-refractivity contribution in [2.75, 3.05) is 26.9 Å². The Labute approximate surface area is 173 Å². The number of esters is 1. The molecule has 0 unspecified atom stereocenters. The van der Waals surface area contributed by atoms with Gasteiger partial charge >= 0.3 is 5.97 Å². The smallest absolute Gasteiger partial charge is 0.331 e. The first-order valence-electron chi connectivity index (χ1n) is 9.28. The van der Waals surface area contributed by atoms with E-state index in [0.29, 0.717) is 36.0 Å². The number of hydrogen-bond acceptors (Lipinski definition) is 7. The van der Waals surface area contributed by atoms with Crippen molar-refractivity contribution in [2.45, 2.75) is 6.42 Å². The van der Waals surface area contributed by atoms with Gasteiger partial charge in [0.2, 0.25) is 0 Å². The highest BCUT2D eigenvalue weighted by Crippen LogP contribution is 2.30. The maximum Gasteiger partial charge on any atom is 0.331 e. The van der Waals surface area contributed by atoms with Crippen LogP contribution in [-0.4, -0.2) is 44.7 Å². The number of para-hydroxylation sites is 1. The van der Waals surface area contributed by atoms with Crippen LogP contribution in [0.5, 0.6) is 17.2 Å². The van der Waals surface area contributed by atoms with Crippen LogP contribution in [0.4, 0.5) is 0 Å². The fourth-order valence-electron chi connectivity index (χ4n) is 2.69. The first-order chi connectivity index (χ1) is 14.6. The predicted molar refractivity (Wildman–Crippen MR) is 108 cm³/mol. The van der Waals surface area contributed by atoms with Crippen LogP contribution in [0.2, 0.25) is 0 Å². The van der Waals surface area contributed by atoms with Gasteiger partial charge in [-0.3, -0.25) is 14.9 Å². The number of nitrogens with one attached hydrogen (secondary N) is 1. The lowest BCUT2D eigenvalue weighted by molar-refractivity contribution is -0.143. The number of fused-ring (bicyclic) bond motifs is 1. The van der Waals surface area contributed by atoms with E-state index in [1.807, 2.05) is 0 Å². The Morgan fingerprint density at radius 3 is 2.63 bits per heavy atom. The lowest BCUT2D eigenvalue weighted by Crippen LogP contribution is -2.34. The Hall–Kier alpha value is -3.81. The maximum absolute atomic E-state index is 12.1. The van der Waals surface area contributed by atoms with Crippen LogP contribution in [0.25, 0.3) is 6.08 Å². The molecule has 0 spiro atoms. The molecule has 0 atom stereocenters. The van der Waals surface area contributed by atoms with Crippen LogP contribution < -0.4 is 19.5 Å². The summed E-state index contributed by atoms with van der Waals surface area (Å²) in [5.41, 5.74) is 0.918. The number of benzene rings is 2. The second kappa shape index (κ2) is 10.1. The van der Waals surface area contributed by atoms with Crippen LogP contribution in [0, 0.1) is 0 Å². The number of imide groups is 1. The summed E-state index contributed by atoms with van der Waals surface area (Å²) in [5, 5.41) is 2.15. The molecule has 8 nitrogen and oxygen atoms in total. The van der Waals surface area contributed by atoms with E-state index in [1.54, 1.807) is 36.4 Å². The minimum atomic E-state index is -0.747. The Kier molecular flexibility index (Phi) is 7.05. The molecule has 30 heavy (non-hydrogen) atoms. The first-order valence-corrected chi connectivity index (χ1v) is 9.28. The van der Waals surface area contributed by atoms with E-state index in [2.05, 4.69) is 5.32 Å². The Morgan fingerprint density at radius 1 is 1.07 bits per heavy atom. The number of rotatable bonds is 6. The highest BCUT2D eigenvalue weighted by atomic mass is 16.5. The number of ether oxygens (including phenoxy) is 4. The van der Waals surface area contributed by atoms with E-state index in [-0.39, 0.29) is 5.56 Å². The summed E-state index contributed by atoms with van der Waals surface area (Å²) in [4.78, 5) is 35.9. The lowest BCUT2D eigenvalue weighted by atomic mass is 10.2. The molecule has 0 aromatic heterocycles. The van der Waals surface area contributed by atoms with Crippen molar-refractivity contribution in [3.8, 4) is 17.2 Å². The summed E-state index contributed by atoms with van der Waals surface area (Å²) in [6.07, 6.45) is 3.52. The highest BCUT2D eigenvalue weighted by Gasteiger charge is 2.15. The van der Waals surface area contributed by atoms with Crippen LogP contribution in [0.15, 0.2) is 48.5 Å². The zero-order valence-electron chi connectivity index (χ0n) is 16.4. The molecule has 2 aromatic carbocycles. The fourth-order valence-corrected chi connectivity index (χ4v) is 2.69. The average Bonchev–Trinajstić information content (AvgIpc) is 3.01. The minimum absolute atomic E-state index is 0.203. The largest absolute Gasteiger partial charge is 0.496 e. The predicted octanol–water partition coefficient (Wildman–Crippen LogP) is 2.37. The monoisotopic (exact) mass is 411 g/mol. The van der Waals surface area contributed by atoms with E-state index >= 15 is 0 Å². The highest BCUT2D eigenvalue weighted by molar-refractivity contribution is 6.06. The lowest BCUT2D eigenvalue weighted by Gasteiger charge is -2.08. The summed E-state index contributed by atoms with van der Waals surface area (Å²) in [6, 6.07) is 11.8. The Balaban J connectivity index is 1.50. The van der Waals surface area contributed by atoms with Gasteiger partial charge in [0, 0.05) is 12.5 Å². The number of hydrogen-bond donors (Lipinski definition) is 1. The fraction of sp³-hybridized carbons (Fsp3) is 0.227. The summed E-state index contributed by atoms with van der Waals surface area (Å²) < 4.78 is 21.1. The molecule has 0 radical (unpaired) electrons. The van der Waals surface area contributed by atoms with Crippen molar-refractivity contribution in [3.05, 3.63) is 59.7 Å². The van der Waals surface area contributed by atoms with Gasteiger partial charge in [-0.05, 0) is 35.9 Å². The number of methoxy groups -OCH3 is 1. The van der Waals surface area contributed by atoms with Gasteiger partial charge in [0.05, 0.1) is 25.9 Å². The number of carbonyl (C=O) groups excluding carboxylic acids is 3. The topological polar surface area (TPSA) is 100 Å². The van der Waals surface area contributed by atoms with Crippen molar-refractivity contribution < 1.29 is 33.3 Å². The number of carbonyl (C=O) groups is 3. The third-order valence-electron chi connectivity index (χ3n) is 4.13. The molecule has 156 valence electrons. The Bertz CT molecular complexity index is 968. The van der Waals surface area contributed by atoms with Crippen molar-refractivity contribution in [1.82, 2.24) is 5.32 Å². The summed E-state index contributed by atoms with van der Waals surface area (Å²) in [6.45, 7) is 0.562. The molecule has 1 heterocycles. The van der Waals surface area contributed by atoms with Gasteiger partial charge in [0.15, 0.2) is 18.1 Å². The van der Waals surface area contributed by atoms with Gasteiger partial charge < -0.3 is 18.9 Å². The van der Waals surface area contributed by atoms with Crippen molar-refractivity contribution in [3.63, 3.8) is 0 Å². The average molecular weight is 411 g/mol. The molecule has 0 fully saturated rings. The molecule has 2 aromatic rings. The van der Waals surface area contributed by atoms with E-state index in [0.717, 1.165) is 6.42 Å². The molecule has 2 amide bonds. The second-order valence-electron chi connectivity index (χ2n) is 6.28. The Morgan fingerprint density at radius 2 is 1.83 bits per heavy atom. The number of amides is 2. The zero-order chi connectivity index (χ0) is 21.3. The van der Waals surface area contributed by atoms with Gasteiger partial charge in [-0.25, -0.2) is 4.79 Å². The van der Waals surface area contributed by atoms with E-state index < -0.39 is 24.4 Å². The first kappa shape index (κ1) is 20.9. The van der Waals surface area contributed by atoms with Crippen molar-refractivity contribution in [1.29, 1.82) is 0 Å². The van der Waals surface area contributed by atoms with Crippen LogP contribution >= 0.6 is 0 Å². The summed E-state index contributed by atoms with van der Waals surface area (Å²) >= 11 is 0. The van der Waals surface area contributed by atoms with Crippen molar-refractivity contribution >= 4 is 23.9 Å². The standard InChI is InChI=1S/C22H21NO7/c1-27-17-6-3-2-5-16(17)22(26)23-20(24)14-30-21(25)10-8-15-7-9-18-19(13-15)29-12-4-11-28-18/h2-3,5-10,13H,4,11-12,14H2,1H3,(H,23,24,26)/b10-8+. The van der Waals surface area contributed by atoms with Gasteiger partial charge in [-0.15, -0.1) is 0 Å². The molecule has 0 bridgehead atoms. The van der Waals surface area contributed by atoms with Gasteiger partial charge in [0.1, 0.15) is 5.75 Å². The molecule has 8 heteroatoms. The van der Waals surface area contributed by atoms with Crippen LogP contribution in [-0.2, 0) is 14.3 Å². The zero-order valence-corrected chi connectivity index (χ0v) is 16.4. The minimum Gasteiger partial charge on any atom is -0.496 e. The van der Waals surface area contributed by atoms with Crippen LogP contribution in [0.1, 0.15) is 22.3 Å². The van der Waals surface area contributed by atoms with E-state index in [9.17, 15) is 14.4 Å². The van der Waals surface area contributed by atoms with Gasteiger partial charge in [0.25, 0.3) is 11.8 Å². The molecule has 3 rings (SSSR count).